The fraction of sp³-hybridized carbons (Fsp3) is 0.321. The molecule has 196 valence electrons. The van der Waals surface area contributed by atoms with Crippen molar-refractivity contribution in [3.8, 4) is 0 Å². The number of aryl methyl sites for hydroxylation is 2. The first kappa shape index (κ1) is 25.7. The molecule has 1 aliphatic rings. The topological polar surface area (TPSA) is 111 Å². The summed E-state index contributed by atoms with van der Waals surface area (Å²) in [7, 11) is 0. The molecule has 0 radical (unpaired) electrons. The summed E-state index contributed by atoms with van der Waals surface area (Å²) in [4.78, 5) is 30.7. The third-order valence-electron chi connectivity index (χ3n) is 6.55. The van der Waals surface area contributed by atoms with Crippen LogP contribution in [-0.2, 0) is 9.53 Å². The summed E-state index contributed by atoms with van der Waals surface area (Å²) in [5.41, 5.74) is 6.24. The summed E-state index contributed by atoms with van der Waals surface area (Å²) in [6.07, 6.45) is 0. The molecule has 9 nitrogen and oxygen atoms in total. The van der Waals surface area contributed by atoms with E-state index in [1.54, 1.807) is 6.92 Å². The number of amides is 2. The predicted molar refractivity (Wildman–Crippen MR) is 148 cm³/mol. The van der Waals surface area contributed by atoms with Crippen LogP contribution in [0.3, 0.4) is 0 Å². The zero-order valence-electron chi connectivity index (χ0n) is 22.0. The molecule has 38 heavy (non-hydrogen) atoms. The first-order chi connectivity index (χ1) is 18.3. The number of carbonyl (C=O) groups is 2. The van der Waals surface area contributed by atoms with Gasteiger partial charge in [0.1, 0.15) is 5.52 Å². The number of ether oxygens (including phenoxy) is 1. The molecule has 2 aromatic carbocycles. The second-order valence-corrected chi connectivity index (χ2v) is 10.5. The summed E-state index contributed by atoms with van der Waals surface area (Å²) in [6, 6.07) is 13.2. The molecule has 1 atom stereocenters. The molecule has 4 aromatic rings. The molecule has 2 amide bonds. The Hall–Kier alpha value is -3.92. The highest BCUT2D eigenvalue weighted by Crippen LogP contribution is 2.33. The lowest BCUT2D eigenvalue weighted by Crippen LogP contribution is -2.46. The minimum absolute atomic E-state index is 0.173. The zero-order chi connectivity index (χ0) is 27.0. The van der Waals surface area contributed by atoms with Crippen molar-refractivity contribution in [3.05, 3.63) is 70.4 Å². The number of para-hydroxylation sites is 1. The van der Waals surface area contributed by atoms with E-state index in [-0.39, 0.29) is 24.4 Å². The van der Waals surface area contributed by atoms with Gasteiger partial charge in [-0.15, -0.1) is 10.2 Å². The van der Waals surface area contributed by atoms with Crippen molar-refractivity contribution >= 4 is 45.8 Å². The average Bonchev–Trinajstić information content (AvgIpc) is 3.22. The smallest absolute Gasteiger partial charge is 0.338 e. The van der Waals surface area contributed by atoms with Crippen LogP contribution >= 0.6 is 11.8 Å². The second-order valence-electron chi connectivity index (χ2n) is 9.54. The summed E-state index contributed by atoms with van der Waals surface area (Å²) in [6.45, 7) is 10.1. The molecule has 10 heteroatoms. The van der Waals surface area contributed by atoms with Crippen molar-refractivity contribution < 1.29 is 14.3 Å². The van der Waals surface area contributed by atoms with Gasteiger partial charge in [0.25, 0.3) is 0 Å². The van der Waals surface area contributed by atoms with Gasteiger partial charge in [0.2, 0.25) is 5.16 Å². The molecule has 0 saturated heterocycles. The van der Waals surface area contributed by atoms with E-state index in [0.717, 1.165) is 38.8 Å². The molecule has 3 heterocycles. The Balaban J connectivity index is 1.54. The molecule has 0 fully saturated rings. The van der Waals surface area contributed by atoms with Gasteiger partial charge in [0.15, 0.2) is 5.65 Å². The molecular formula is C28H30N6O3S. The molecule has 0 aliphatic carbocycles. The third kappa shape index (κ3) is 4.71. The number of nitrogens with one attached hydrogen (secondary N) is 2. The number of urea groups is 1. The van der Waals surface area contributed by atoms with Crippen LogP contribution < -0.4 is 10.6 Å². The first-order valence-electron chi connectivity index (χ1n) is 12.6. The lowest BCUT2D eigenvalue weighted by atomic mass is 9.91. The van der Waals surface area contributed by atoms with Gasteiger partial charge in [0.05, 0.1) is 23.7 Å². The quantitative estimate of drug-likeness (QED) is 0.251. The van der Waals surface area contributed by atoms with E-state index in [4.69, 9.17) is 9.72 Å². The molecule has 0 unspecified atom stereocenters. The van der Waals surface area contributed by atoms with Crippen LogP contribution in [0, 0.1) is 13.8 Å². The van der Waals surface area contributed by atoms with Crippen LogP contribution in [0.4, 0.5) is 4.79 Å². The monoisotopic (exact) mass is 530 g/mol. The standard InChI is InChI=1S/C28H30N6O3S/c1-6-37-26(35)22-20(29-27(36)30-23(22)19-13-16(4)11-12-17(19)5)14-38-28-31-25-24(32-33-28)18-9-7-8-10-21(18)34(25)15(2)3/h7-13,15,23H,6,14H2,1-5H3,(H2,29,30,36)/t23-/m1/s1. The molecule has 0 saturated carbocycles. The van der Waals surface area contributed by atoms with E-state index in [1.165, 1.54) is 11.8 Å². The van der Waals surface area contributed by atoms with E-state index >= 15 is 0 Å². The highest BCUT2D eigenvalue weighted by atomic mass is 32.2. The Morgan fingerprint density at radius 2 is 1.95 bits per heavy atom. The lowest BCUT2D eigenvalue weighted by Gasteiger charge is -2.30. The second kappa shape index (κ2) is 10.4. The van der Waals surface area contributed by atoms with Gasteiger partial charge in [-0.05, 0) is 51.8 Å². The highest BCUT2D eigenvalue weighted by molar-refractivity contribution is 7.99. The van der Waals surface area contributed by atoms with Crippen molar-refractivity contribution in [2.24, 2.45) is 0 Å². The number of hydrogen-bond donors (Lipinski definition) is 2. The Morgan fingerprint density at radius 1 is 1.16 bits per heavy atom. The van der Waals surface area contributed by atoms with Crippen LogP contribution in [0.25, 0.3) is 22.1 Å². The number of carbonyl (C=O) groups excluding carboxylic acids is 2. The van der Waals surface area contributed by atoms with E-state index in [0.29, 0.717) is 16.4 Å². The molecule has 0 spiro atoms. The molecule has 0 bridgehead atoms. The van der Waals surface area contributed by atoms with Gasteiger partial charge in [-0.1, -0.05) is 53.7 Å². The Labute approximate surface area is 225 Å². The molecule has 2 aromatic heterocycles. The maximum atomic E-state index is 13.2. The van der Waals surface area contributed by atoms with Crippen LogP contribution in [0.2, 0.25) is 0 Å². The third-order valence-corrected chi connectivity index (χ3v) is 7.42. The van der Waals surface area contributed by atoms with Gasteiger partial charge >= 0.3 is 12.0 Å². The first-order valence-corrected chi connectivity index (χ1v) is 13.6. The number of benzene rings is 2. The normalized spacial score (nSPS) is 15.7. The Kier molecular flexibility index (Phi) is 7.07. The summed E-state index contributed by atoms with van der Waals surface area (Å²) >= 11 is 1.31. The molecule has 2 N–H and O–H groups in total. The van der Waals surface area contributed by atoms with E-state index in [9.17, 15) is 9.59 Å². The number of aromatic nitrogens is 4. The number of fused-ring (bicyclic) bond motifs is 3. The van der Waals surface area contributed by atoms with E-state index in [2.05, 4.69) is 45.3 Å². The van der Waals surface area contributed by atoms with Gasteiger partial charge in [0, 0.05) is 22.9 Å². The summed E-state index contributed by atoms with van der Waals surface area (Å²) in [5, 5.41) is 16.1. The minimum Gasteiger partial charge on any atom is -0.463 e. The van der Waals surface area contributed by atoms with E-state index < -0.39 is 12.0 Å². The summed E-state index contributed by atoms with van der Waals surface area (Å²) in [5.74, 6) is -0.214. The van der Waals surface area contributed by atoms with Crippen molar-refractivity contribution in [2.45, 2.75) is 51.9 Å². The number of thioether (sulfide) groups is 1. The fourth-order valence-corrected chi connectivity index (χ4v) is 5.60. The van der Waals surface area contributed by atoms with Crippen molar-refractivity contribution in [2.75, 3.05) is 12.4 Å². The largest absolute Gasteiger partial charge is 0.463 e. The predicted octanol–water partition coefficient (Wildman–Crippen LogP) is 5.14. The Morgan fingerprint density at radius 3 is 2.71 bits per heavy atom. The number of hydrogen-bond acceptors (Lipinski definition) is 7. The minimum atomic E-state index is -0.636. The number of esters is 1. The molecule has 5 rings (SSSR count). The van der Waals surface area contributed by atoms with Crippen LogP contribution in [0.15, 0.2) is 58.9 Å². The fourth-order valence-electron chi connectivity index (χ4n) is 4.85. The van der Waals surface area contributed by atoms with Crippen LogP contribution in [-0.4, -0.2) is 44.1 Å². The van der Waals surface area contributed by atoms with Gasteiger partial charge < -0.3 is 19.9 Å². The maximum absolute atomic E-state index is 13.2. The van der Waals surface area contributed by atoms with Gasteiger partial charge in [-0.2, -0.15) is 0 Å². The van der Waals surface area contributed by atoms with Crippen LogP contribution in [0.5, 0.6) is 0 Å². The van der Waals surface area contributed by atoms with Gasteiger partial charge in [-0.25, -0.2) is 14.6 Å². The lowest BCUT2D eigenvalue weighted by molar-refractivity contribution is -0.139. The SMILES string of the molecule is CCOC(=O)C1=C(CSc2nnc3c4ccccc4n(C(C)C)c3n2)NC(=O)N[C@@H]1c1cc(C)ccc1C. The van der Waals surface area contributed by atoms with Crippen molar-refractivity contribution in [3.63, 3.8) is 0 Å². The number of nitrogens with zero attached hydrogens (tertiary/aromatic N) is 4. The summed E-state index contributed by atoms with van der Waals surface area (Å²) < 4.78 is 7.56. The van der Waals surface area contributed by atoms with Crippen molar-refractivity contribution in [1.82, 2.24) is 30.4 Å². The zero-order valence-corrected chi connectivity index (χ0v) is 22.8. The van der Waals surface area contributed by atoms with Crippen molar-refractivity contribution in [1.29, 1.82) is 0 Å². The molecular weight excluding hydrogens is 500 g/mol. The van der Waals surface area contributed by atoms with Gasteiger partial charge in [-0.3, -0.25) is 0 Å². The average molecular weight is 531 g/mol. The highest BCUT2D eigenvalue weighted by Gasteiger charge is 2.34. The number of rotatable bonds is 7. The van der Waals surface area contributed by atoms with E-state index in [1.807, 2.05) is 50.2 Å². The Bertz CT molecular complexity index is 1590. The molecule has 1 aliphatic heterocycles. The van der Waals surface area contributed by atoms with Crippen LogP contribution in [0.1, 0.15) is 49.5 Å². The maximum Gasteiger partial charge on any atom is 0.338 e.